The van der Waals surface area contributed by atoms with Crippen molar-refractivity contribution in [2.75, 3.05) is 5.32 Å². The number of carbonyl (C=O) groups is 1. The van der Waals surface area contributed by atoms with Crippen molar-refractivity contribution in [3.63, 3.8) is 0 Å². The Morgan fingerprint density at radius 2 is 2.06 bits per heavy atom. The summed E-state index contributed by atoms with van der Waals surface area (Å²) in [6.45, 7) is 0. The first-order valence-electron chi connectivity index (χ1n) is 3.92. The highest BCUT2D eigenvalue weighted by atomic mass is 35.5. The number of hydrogen-bond acceptors (Lipinski definition) is 2. The van der Waals surface area contributed by atoms with Gasteiger partial charge in [0.25, 0.3) is 0 Å². The van der Waals surface area contributed by atoms with Gasteiger partial charge in [-0.05, 0) is 18.2 Å². The van der Waals surface area contributed by atoms with Crippen molar-refractivity contribution in [2.45, 2.75) is 6.18 Å². The summed E-state index contributed by atoms with van der Waals surface area (Å²) in [4.78, 5) is 10.6. The van der Waals surface area contributed by atoms with Crippen LogP contribution < -0.4 is 5.32 Å². The molecule has 1 aromatic carbocycles. The van der Waals surface area contributed by atoms with Gasteiger partial charge in [0, 0.05) is 0 Å². The van der Waals surface area contributed by atoms with Crippen LogP contribution in [0.2, 0.25) is 5.02 Å². The maximum atomic E-state index is 11.9. The lowest BCUT2D eigenvalue weighted by Crippen LogP contribution is -2.30. The Balaban J connectivity index is 2.98. The van der Waals surface area contributed by atoms with Crippen LogP contribution in [-0.4, -0.2) is 12.1 Å². The van der Waals surface area contributed by atoms with Crippen LogP contribution in [0.5, 0.6) is 0 Å². The van der Waals surface area contributed by atoms with E-state index in [1.165, 1.54) is 12.1 Å². The molecule has 84 valence electrons. The summed E-state index contributed by atoms with van der Waals surface area (Å²) in [6, 6.07) is 5.33. The van der Waals surface area contributed by atoms with Gasteiger partial charge in [0.15, 0.2) is 0 Å². The second kappa shape index (κ2) is 4.41. The van der Waals surface area contributed by atoms with Crippen LogP contribution in [0.25, 0.3) is 0 Å². The number of nitrogens with one attached hydrogen (secondary N) is 1. The number of hydrogen-bond donors (Lipinski definition) is 1. The molecule has 0 aromatic heterocycles. The van der Waals surface area contributed by atoms with E-state index in [2.05, 4.69) is 0 Å². The van der Waals surface area contributed by atoms with Crippen molar-refractivity contribution in [3.8, 4) is 6.07 Å². The molecule has 0 saturated carbocycles. The van der Waals surface area contributed by atoms with E-state index in [4.69, 9.17) is 16.9 Å². The van der Waals surface area contributed by atoms with E-state index < -0.39 is 12.1 Å². The molecule has 3 nitrogen and oxygen atoms in total. The molecule has 0 saturated heterocycles. The van der Waals surface area contributed by atoms with Gasteiger partial charge in [0.2, 0.25) is 0 Å². The lowest BCUT2D eigenvalue weighted by molar-refractivity contribution is -0.167. The van der Waals surface area contributed by atoms with Gasteiger partial charge in [-0.1, -0.05) is 11.6 Å². The molecule has 0 fully saturated rings. The number of carbonyl (C=O) groups excluding carboxylic acids is 1. The standard InChI is InChI=1S/C9H4ClF3N2O/c10-6-2-1-5(4-14)3-7(6)15-8(16)9(11,12)13/h1-3H,(H,15,16). The monoisotopic (exact) mass is 248 g/mol. The van der Waals surface area contributed by atoms with Crippen LogP contribution in [0.3, 0.4) is 0 Å². The SMILES string of the molecule is N#Cc1ccc(Cl)c(NC(=O)C(F)(F)F)c1. The number of anilines is 1. The molecule has 1 N–H and O–H groups in total. The summed E-state index contributed by atoms with van der Waals surface area (Å²) >= 11 is 5.56. The molecular formula is C9H4ClF3N2O. The number of benzene rings is 1. The number of amides is 1. The molecule has 0 heterocycles. The molecule has 1 aromatic rings. The van der Waals surface area contributed by atoms with Crippen molar-refractivity contribution in [1.82, 2.24) is 0 Å². The molecule has 7 heteroatoms. The van der Waals surface area contributed by atoms with Gasteiger partial charge in [-0.15, -0.1) is 0 Å². The van der Waals surface area contributed by atoms with Crippen molar-refractivity contribution < 1.29 is 18.0 Å². The molecule has 0 aliphatic rings. The molecular weight excluding hydrogens is 245 g/mol. The summed E-state index contributed by atoms with van der Waals surface area (Å²) in [7, 11) is 0. The molecule has 0 atom stereocenters. The molecule has 0 bridgehead atoms. The highest BCUT2D eigenvalue weighted by Crippen LogP contribution is 2.25. The van der Waals surface area contributed by atoms with E-state index in [1.807, 2.05) is 0 Å². The van der Waals surface area contributed by atoms with E-state index in [0.717, 1.165) is 6.07 Å². The minimum atomic E-state index is -4.99. The number of alkyl halides is 3. The average Bonchev–Trinajstić information content (AvgIpc) is 2.19. The predicted molar refractivity (Wildman–Crippen MR) is 50.9 cm³/mol. The van der Waals surface area contributed by atoms with E-state index in [9.17, 15) is 18.0 Å². The van der Waals surface area contributed by atoms with E-state index >= 15 is 0 Å². The first-order valence-corrected chi connectivity index (χ1v) is 4.30. The zero-order chi connectivity index (χ0) is 12.3. The second-order valence-corrected chi connectivity index (χ2v) is 3.17. The Bertz CT molecular complexity index is 465. The smallest absolute Gasteiger partial charge is 0.317 e. The minimum Gasteiger partial charge on any atom is -0.317 e. The Morgan fingerprint density at radius 1 is 1.44 bits per heavy atom. The van der Waals surface area contributed by atoms with Gasteiger partial charge in [-0.25, -0.2) is 0 Å². The molecule has 0 unspecified atom stereocenters. The van der Waals surface area contributed by atoms with Crippen molar-refractivity contribution in [1.29, 1.82) is 5.26 Å². The summed E-state index contributed by atoms with van der Waals surface area (Å²) in [5.41, 5.74) is -0.148. The number of halogens is 4. The van der Waals surface area contributed by atoms with Crippen LogP contribution in [0.1, 0.15) is 5.56 Å². The first kappa shape index (κ1) is 12.3. The van der Waals surface area contributed by atoms with Crippen LogP contribution >= 0.6 is 11.6 Å². The molecule has 1 rings (SSSR count). The van der Waals surface area contributed by atoms with Gasteiger partial charge in [-0.3, -0.25) is 4.79 Å². The molecule has 0 aliphatic carbocycles. The molecule has 0 spiro atoms. The Labute approximate surface area is 93.4 Å². The van der Waals surface area contributed by atoms with Crippen LogP contribution in [0, 0.1) is 11.3 Å². The number of rotatable bonds is 1. The maximum Gasteiger partial charge on any atom is 0.471 e. The van der Waals surface area contributed by atoms with Crippen molar-refractivity contribution >= 4 is 23.2 Å². The third-order valence-electron chi connectivity index (χ3n) is 1.60. The molecule has 16 heavy (non-hydrogen) atoms. The molecule has 1 amide bonds. The van der Waals surface area contributed by atoms with Crippen LogP contribution in [-0.2, 0) is 4.79 Å². The van der Waals surface area contributed by atoms with Gasteiger partial charge < -0.3 is 5.32 Å². The predicted octanol–water partition coefficient (Wildman–Crippen LogP) is 2.71. The maximum absolute atomic E-state index is 11.9. The van der Waals surface area contributed by atoms with E-state index in [0.29, 0.717) is 0 Å². The lowest BCUT2D eigenvalue weighted by atomic mass is 10.2. The van der Waals surface area contributed by atoms with Gasteiger partial charge in [-0.2, -0.15) is 18.4 Å². The zero-order valence-electron chi connectivity index (χ0n) is 7.60. The molecule has 0 radical (unpaired) electrons. The largest absolute Gasteiger partial charge is 0.471 e. The fraction of sp³-hybridized carbons (Fsp3) is 0.111. The third kappa shape index (κ3) is 2.87. The quantitative estimate of drug-likeness (QED) is 0.831. The van der Waals surface area contributed by atoms with Gasteiger partial charge in [0.05, 0.1) is 22.3 Å². The first-order chi connectivity index (χ1) is 7.34. The zero-order valence-corrected chi connectivity index (χ0v) is 8.36. The Kier molecular flexibility index (Phi) is 3.40. The number of nitrogens with zero attached hydrogens (tertiary/aromatic N) is 1. The highest BCUT2D eigenvalue weighted by molar-refractivity contribution is 6.33. The second-order valence-electron chi connectivity index (χ2n) is 2.76. The summed E-state index contributed by atoms with van der Waals surface area (Å²) < 4.78 is 35.8. The molecule has 0 aliphatic heterocycles. The van der Waals surface area contributed by atoms with Crippen molar-refractivity contribution in [2.24, 2.45) is 0 Å². The topological polar surface area (TPSA) is 52.9 Å². The normalized spacial score (nSPS) is 10.7. The van der Waals surface area contributed by atoms with E-state index in [-0.39, 0.29) is 16.3 Å². The summed E-state index contributed by atoms with van der Waals surface area (Å²) in [6.07, 6.45) is -4.99. The summed E-state index contributed by atoms with van der Waals surface area (Å²) in [5.74, 6) is -2.13. The fourth-order valence-electron chi connectivity index (χ4n) is 0.884. The number of nitriles is 1. The van der Waals surface area contributed by atoms with Crippen molar-refractivity contribution in [3.05, 3.63) is 28.8 Å². The van der Waals surface area contributed by atoms with Gasteiger partial charge >= 0.3 is 12.1 Å². The lowest BCUT2D eigenvalue weighted by Gasteiger charge is -2.09. The Hall–Kier alpha value is -1.74. The average molecular weight is 249 g/mol. The van der Waals surface area contributed by atoms with Crippen LogP contribution in [0.4, 0.5) is 18.9 Å². The summed E-state index contributed by atoms with van der Waals surface area (Å²) in [5, 5.41) is 10.0. The minimum absolute atomic E-state index is 0.0726. The van der Waals surface area contributed by atoms with Gasteiger partial charge in [0.1, 0.15) is 0 Å². The van der Waals surface area contributed by atoms with E-state index in [1.54, 1.807) is 11.4 Å². The third-order valence-corrected chi connectivity index (χ3v) is 1.93. The highest BCUT2D eigenvalue weighted by Gasteiger charge is 2.38. The Morgan fingerprint density at radius 3 is 2.56 bits per heavy atom. The van der Waals surface area contributed by atoms with Crippen LogP contribution in [0.15, 0.2) is 18.2 Å². The fourth-order valence-corrected chi connectivity index (χ4v) is 1.05.